The van der Waals surface area contributed by atoms with Gasteiger partial charge in [-0.25, -0.2) is 4.39 Å². The highest BCUT2D eigenvalue weighted by molar-refractivity contribution is 5.96. The van der Waals surface area contributed by atoms with Crippen molar-refractivity contribution in [1.29, 1.82) is 0 Å². The van der Waals surface area contributed by atoms with Crippen molar-refractivity contribution in [3.05, 3.63) is 53.8 Å². The summed E-state index contributed by atoms with van der Waals surface area (Å²) < 4.78 is 13.9. The van der Waals surface area contributed by atoms with Gasteiger partial charge in [0.05, 0.1) is 17.1 Å². The van der Waals surface area contributed by atoms with Crippen LogP contribution in [0.4, 0.5) is 21.5 Å². The third-order valence-electron chi connectivity index (χ3n) is 3.21. The van der Waals surface area contributed by atoms with Crippen molar-refractivity contribution in [3.63, 3.8) is 0 Å². The maximum absolute atomic E-state index is 13.9. The van der Waals surface area contributed by atoms with E-state index in [1.54, 1.807) is 48.3 Å². The van der Waals surface area contributed by atoms with E-state index in [-0.39, 0.29) is 11.7 Å². The SMILES string of the molecule is CCNC(=O)c1ccc(N)c(N(C)c2ccccc2F)c1. The second-order valence-electron chi connectivity index (χ2n) is 4.64. The predicted molar refractivity (Wildman–Crippen MR) is 83.3 cm³/mol. The first-order valence-corrected chi connectivity index (χ1v) is 6.70. The Morgan fingerprint density at radius 2 is 1.95 bits per heavy atom. The lowest BCUT2D eigenvalue weighted by molar-refractivity contribution is 0.0956. The molecule has 0 heterocycles. The molecule has 0 aliphatic heterocycles. The molecule has 0 radical (unpaired) electrons. The standard InChI is InChI=1S/C16H18FN3O/c1-3-19-16(21)11-8-9-13(18)15(10-11)20(2)14-7-5-4-6-12(14)17/h4-10H,3,18H2,1-2H3,(H,19,21). The second-order valence-corrected chi connectivity index (χ2v) is 4.64. The van der Waals surface area contributed by atoms with Gasteiger partial charge in [-0.2, -0.15) is 0 Å². The molecule has 4 nitrogen and oxygen atoms in total. The smallest absolute Gasteiger partial charge is 0.251 e. The van der Waals surface area contributed by atoms with Crippen LogP contribution >= 0.6 is 0 Å². The lowest BCUT2D eigenvalue weighted by atomic mass is 10.1. The molecule has 110 valence electrons. The number of nitrogens with zero attached hydrogens (tertiary/aromatic N) is 1. The van der Waals surface area contributed by atoms with Crippen LogP contribution in [0.1, 0.15) is 17.3 Å². The number of para-hydroxylation sites is 1. The van der Waals surface area contributed by atoms with E-state index in [0.717, 1.165) is 0 Å². The number of nitrogens with one attached hydrogen (secondary N) is 1. The average molecular weight is 287 g/mol. The quantitative estimate of drug-likeness (QED) is 0.850. The Labute approximate surface area is 123 Å². The normalized spacial score (nSPS) is 10.2. The van der Waals surface area contributed by atoms with E-state index in [9.17, 15) is 9.18 Å². The molecule has 0 spiro atoms. The molecular formula is C16H18FN3O. The number of nitrogen functional groups attached to an aromatic ring is 1. The molecule has 0 fully saturated rings. The zero-order valence-electron chi connectivity index (χ0n) is 12.1. The summed E-state index contributed by atoms with van der Waals surface area (Å²) in [6.07, 6.45) is 0. The molecule has 2 rings (SSSR count). The van der Waals surface area contributed by atoms with Gasteiger partial charge in [-0.1, -0.05) is 12.1 Å². The number of carbonyl (C=O) groups excluding carboxylic acids is 1. The molecule has 0 aliphatic carbocycles. The van der Waals surface area contributed by atoms with E-state index in [0.29, 0.717) is 29.2 Å². The topological polar surface area (TPSA) is 58.4 Å². The molecule has 1 amide bonds. The molecule has 0 aliphatic rings. The van der Waals surface area contributed by atoms with E-state index < -0.39 is 0 Å². The molecule has 0 aromatic heterocycles. The highest BCUT2D eigenvalue weighted by Crippen LogP contribution is 2.31. The third kappa shape index (κ3) is 3.13. The predicted octanol–water partition coefficient (Wildman–Crippen LogP) is 2.93. The summed E-state index contributed by atoms with van der Waals surface area (Å²) >= 11 is 0. The Bertz CT molecular complexity index is 658. The van der Waals surface area contributed by atoms with E-state index >= 15 is 0 Å². The maximum atomic E-state index is 13.9. The summed E-state index contributed by atoms with van der Waals surface area (Å²) in [7, 11) is 1.71. The fourth-order valence-electron chi connectivity index (χ4n) is 2.09. The van der Waals surface area contributed by atoms with Crippen LogP contribution in [0.5, 0.6) is 0 Å². The molecule has 0 unspecified atom stereocenters. The van der Waals surface area contributed by atoms with Gasteiger partial charge in [0.15, 0.2) is 0 Å². The Balaban J connectivity index is 2.41. The molecule has 0 bridgehead atoms. The molecule has 0 saturated heterocycles. The minimum Gasteiger partial charge on any atom is -0.397 e. The highest BCUT2D eigenvalue weighted by Gasteiger charge is 2.14. The zero-order valence-corrected chi connectivity index (χ0v) is 12.1. The number of amides is 1. The van der Waals surface area contributed by atoms with Crippen LogP contribution in [-0.2, 0) is 0 Å². The number of rotatable bonds is 4. The minimum absolute atomic E-state index is 0.180. The Morgan fingerprint density at radius 1 is 1.24 bits per heavy atom. The number of nitrogens with two attached hydrogens (primary N) is 1. The summed E-state index contributed by atoms with van der Waals surface area (Å²) in [6, 6.07) is 11.4. The van der Waals surface area contributed by atoms with E-state index in [2.05, 4.69) is 5.32 Å². The van der Waals surface area contributed by atoms with Crippen LogP contribution in [-0.4, -0.2) is 19.5 Å². The van der Waals surface area contributed by atoms with Crippen molar-refractivity contribution in [2.45, 2.75) is 6.92 Å². The molecule has 0 atom stereocenters. The van der Waals surface area contributed by atoms with Crippen molar-refractivity contribution in [2.75, 3.05) is 24.2 Å². The highest BCUT2D eigenvalue weighted by atomic mass is 19.1. The van der Waals surface area contributed by atoms with E-state index in [1.807, 2.05) is 6.92 Å². The number of halogens is 1. The number of hydrogen-bond acceptors (Lipinski definition) is 3. The van der Waals surface area contributed by atoms with Crippen LogP contribution in [0.3, 0.4) is 0 Å². The minimum atomic E-state index is -0.345. The van der Waals surface area contributed by atoms with Gasteiger partial charge in [0.1, 0.15) is 5.82 Å². The van der Waals surface area contributed by atoms with Gasteiger partial charge >= 0.3 is 0 Å². The Hall–Kier alpha value is -2.56. The monoisotopic (exact) mass is 287 g/mol. The fraction of sp³-hybridized carbons (Fsp3) is 0.188. The lowest BCUT2D eigenvalue weighted by Crippen LogP contribution is -2.23. The average Bonchev–Trinajstić information content (AvgIpc) is 2.48. The third-order valence-corrected chi connectivity index (χ3v) is 3.21. The number of hydrogen-bond donors (Lipinski definition) is 2. The summed E-state index contributed by atoms with van der Waals surface area (Å²) in [5, 5.41) is 2.73. The first kappa shape index (κ1) is 14.8. The number of benzene rings is 2. The van der Waals surface area contributed by atoms with Gasteiger partial charge in [0.25, 0.3) is 5.91 Å². The molecule has 5 heteroatoms. The molecule has 2 aromatic carbocycles. The van der Waals surface area contributed by atoms with Gasteiger partial charge in [-0.05, 0) is 37.3 Å². The fourth-order valence-corrected chi connectivity index (χ4v) is 2.09. The second kappa shape index (κ2) is 6.26. The molecule has 3 N–H and O–H groups in total. The zero-order chi connectivity index (χ0) is 15.4. The van der Waals surface area contributed by atoms with Crippen LogP contribution in [0.2, 0.25) is 0 Å². The largest absolute Gasteiger partial charge is 0.397 e. The number of carbonyl (C=O) groups is 1. The molecule has 21 heavy (non-hydrogen) atoms. The van der Waals surface area contributed by atoms with Crippen LogP contribution in [0, 0.1) is 5.82 Å². The van der Waals surface area contributed by atoms with Crippen molar-refractivity contribution in [3.8, 4) is 0 Å². The number of anilines is 3. The van der Waals surface area contributed by atoms with Crippen LogP contribution in [0.25, 0.3) is 0 Å². The molecule has 2 aromatic rings. The molecule has 0 saturated carbocycles. The Kier molecular flexibility index (Phi) is 4.42. The van der Waals surface area contributed by atoms with Crippen molar-refractivity contribution >= 4 is 23.0 Å². The summed E-state index contributed by atoms with van der Waals surface area (Å²) in [4.78, 5) is 13.5. The van der Waals surface area contributed by atoms with Crippen LogP contribution in [0.15, 0.2) is 42.5 Å². The van der Waals surface area contributed by atoms with E-state index in [4.69, 9.17) is 5.73 Å². The summed E-state index contributed by atoms with van der Waals surface area (Å²) in [5.74, 6) is -0.525. The lowest BCUT2D eigenvalue weighted by Gasteiger charge is -2.22. The summed E-state index contributed by atoms with van der Waals surface area (Å²) in [5.41, 5.74) is 7.91. The van der Waals surface area contributed by atoms with Gasteiger partial charge in [-0.3, -0.25) is 4.79 Å². The summed E-state index contributed by atoms with van der Waals surface area (Å²) in [6.45, 7) is 2.39. The van der Waals surface area contributed by atoms with Crippen molar-refractivity contribution in [2.24, 2.45) is 0 Å². The van der Waals surface area contributed by atoms with E-state index in [1.165, 1.54) is 6.07 Å². The van der Waals surface area contributed by atoms with Gasteiger partial charge in [0, 0.05) is 19.2 Å². The van der Waals surface area contributed by atoms with Crippen molar-refractivity contribution < 1.29 is 9.18 Å². The van der Waals surface area contributed by atoms with Gasteiger partial charge in [-0.15, -0.1) is 0 Å². The maximum Gasteiger partial charge on any atom is 0.251 e. The van der Waals surface area contributed by atoms with Crippen LogP contribution < -0.4 is 16.0 Å². The first-order chi connectivity index (χ1) is 10.0. The Morgan fingerprint density at radius 3 is 2.62 bits per heavy atom. The van der Waals surface area contributed by atoms with Crippen molar-refractivity contribution in [1.82, 2.24) is 5.32 Å². The van der Waals surface area contributed by atoms with Gasteiger partial charge in [0.2, 0.25) is 0 Å². The van der Waals surface area contributed by atoms with Gasteiger partial charge < -0.3 is 16.0 Å². The first-order valence-electron chi connectivity index (χ1n) is 6.70. The molecular weight excluding hydrogens is 269 g/mol.